The number of nitrogens with zero attached hydrogens (tertiary/aromatic N) is 2. The first kappa shape index (κ1) is 27.0. The van der Waals surface area contributed by atoms with Crippen molar-refractivity contribution in [3.8, 4) is 0 Å². The summed E-state index contributed by atoms with van der Waals surface area (Å²) in [5.74, 6) is -0.855. The van der Waals surface area contributed by atoms with Crippen LogP contribution in [-0.2, 0) is 26.2 Å². The molecule has 0 aliphatic heterocycles. The number of hydrogen-bond donors (Lipinski definition) is 1. The number of halogens is 2. The van der Waals surface area contributed by atoms with E-state index in [1.165, 1.54) is 23.1 Å². The van der Waals surface area contributed by atoms with Crippen LogP contribution in [0.3, 0.4) is 0 Å². The number of hydrogen-bond acceptors (Lipinski definition) is 4. The summed E-state index contributed by atoms with van der Waals surface area (Å²) < 4.78 is 26.0. The topological polar surface area (TPSA) is 86.8 Å². The standard InChI is InChI=1S/C23H29Cl2N3O4S/c1-5-16(2)26-23(30)17(3)27(14-18-9-7-6-8-10-18)22(29)15-28(33(4,31)32)21-12-11-19(24)13-20(21)25/h6-13,16-17H,5,14-15H2,1-4H3,(H,26,30)/t16-,17+/m1/s1. The fourth-order valence-corrected chi connectivity index (χ4v) is 4.53. The quantitative estimate of drug-likeness (QED) is 0.518. The number of carbonyl (C=O) groups is 2. The third-order valence-corrected chi connectivity index (χ3v) is 6.89. The normalized spacial score (nSPS) is 13.2. The molecule has 33 heavy (non-hydrogen) atoms. The van der Waals surface area contributed by atoms with Crippen LogP contribution in [0.15, 0.2) is 48.5 Å². The van der Waals surface area contributed by atoms with Gasteiger partial charge in [-0.05, 0) is 44.0 Å². The lowest BCUT2D eigenvalue weighted by Crippen LogP contribution is -2.52. The molecule has 0 aliphatic carbocycles. The van der Waals surface area contributed by atoms with Crippen molar-refractivity contribution in [3.63, 3.8) is 0 Å². The van der Waals surface area contributed by atoms with E-state index in [-0.39, 0.29) is 29.2 Å². The minimum atomic E-state index is -3.87. The van der Waals surface area contributed by atoms with Gasteiger partial charge in [-0.2, -0.15) is 0 Å². The Labute approximate surface area is 205 Å². The molecule has 2 rings (SSSR count). The van der Waals surface area contributed by atoms with Gasteiger partial charge < -0.3 is 10.2 Å². The Morgan fingerprint density at radius 3 is 2.24 bits per heavy atom. The highest BCUT2D eigenvalue weighted by molar-refractivity contribution is 7.92. The molecule has 1 N–H and O–H groups in total. The largest absolute Gasteiger partial charge is 0.352 e. The molecule has 0 spiro atoms. The van der Waals surface area contributed by atoms with Gasteiger partial charge in [0.2, 0.25) is 21.8 Å². The minimum Gasteiger partial charge on any atom is -0.352 e. The first-order chi connectivity index (χ1) is 15.4. The summed E-state index contributed by atoms with van der Waals surface area (Å²) in [6.07, 6.45) is 1.73. The van der Waals surface area contributed by atoms with E-state index in [1.54, 1.807) is 6.92 Å². The van der Waals surface area contributed by atoms with Gasteiger partial charge in [0, 0.05) is 17.6 Å². The SMILES string of the molecule is CC[C@@H](C)NC(=O)[C@H](C)N(Cc1ccccc1)C(=O)CN(c1ccc(Cl)cc1Cl)S(C)(=O)=O. The van der Waals surface area contributed by atoms with Gasteiger partial charge >= 0.3 is 0 Å². The van der Waals surface area contributed by atoms with Gasteiger partial charge in [-0.15, -0.1) is 0 Å². The molecule has 2 amide bonds. The van der Waals surface area contributed by atoms with E-state index in [2.05, 4.69) is 5.32 Å². The molecule has 2 aromatic carbocycles. The molecule has 0 fully saturated rings. The van der Waals surface area contributed by atoms with E-state index in [4.69, 9.17) is 23.2 Å². The lowest BCUT2D eigenvalue weighted by atomic mass is 10.1. The van der Waals surface area contributed by atoms with Crippen LogP contribution in [0.4, 0.5) is 5.69 Å². The molecule has 0 radical (unpaired) electrons. The van der Waals surface area contributed by atoms with Gasteiger partial charge in [-0.3, -0.25) is 13.9 Å². The molecule has 0 bridgehead atoms. The second-order valence-electron chi connectivity index (χ2n) is 7.87. The molecular weight excluding hydrogens is 485 g/mol. The lowest BCUT2D eigenvalue weighted by molar-refractivity contribution is -0.139. The van der Waals surface area contributed by atoms with Crippen molar-refractivity contribution in [1.29, 1.82) is 0 Å². The smallest absolute Gasteiger partial charge is 0.244 e. The van der Waals surface area contributed by atoms with Gasteiger partial charge in [-0.1, -0.05) is 60.5 Å². The number of benzene rings is 2. The first-order valence-electron chi connectivity index (χ1n) is 10.5. The maximum Gasteiger partial charge on any atom is 0.244 e. The van der Waals surface area contributed by atoms with Crippen LogP contribution in [0.5, 0.6) is 0 Å². The second-order valence-corrected chi connectivity index (χ2v) is 10.6. The molecule has 7 nitrogen and oxygen atoms in total. The molecule has 0 heterocycles. The number of amides is 2. The van der Waals surface area contributed by atoms with Crippen molar-refractivity contribution < 1.29 is 18.0 Å². The van der Waals surface area contributed by atoms with Crippen LogP contribution < -0.4 is 9.62 Å². The van der Waals surface area contributed by atoms with Crippen molar-refractivity contribution in [2.45, 2.75) is 45.8 Å². The van der Waals surface area contributed by atoms with Gasteiger partial charge in [0.05, 0.1) is 17.0 Å². The maximum absolute atomic E-state index is 13.4. The molecule has 180 valence electrons. The summed E-state index contributed by atoms with van der Waals surface area (Å²) in [7, 11) is -3.87. The number of anilines is 1. The number of nitrogens with one attached hydrogen (secondary N) is 1. The van der Waals surface area contributed by atoms with E-state index in [1.807, 2.05) is 44.2 Å². The highest BCUT2D eigenvalue weighted by atomic mass is 35.5. The molecule has 2 aromatic rings. The number of sulfonamides is 1. The minimum absolute atomic E-state index is 0.0611. The summed E-state index contributed by atoms with van der Waals surface area (Å²) in [4.78, 5) is 27.6. The fourth-order valence-electron chi connectivity index (χ4n) is 3.11. The van der Waals surface area contributed by atoms with Crippen molar-refractivity contribution in [2.24, 2.45) is 0 Å². The lowest BCUT2D eigenvalue weighted by Gasteiger charge is -2.32. The van der Waals surface area contributed by atoms with Crippen LogP contribution in [0.1, 0.15) is 32.8 Å². The Morgan fingerprint density at radius 2 is 1.70 bits per heavy atom. The predicted octanol–water partition coefficient (Wildman–Crippen LogP) is 4.09. The van der Waals surface area contributed by atoms with Crippen LogP contribution in [0.2, 0.25) is 10.0 Å². The maximum atomic E-state index is 13.4. The molecule has 0 unspecified atom stereocenters. The fraction of sp³-hybridized carbons (Fsp3) is 0.391. The average molecular weight is 514 g/mol. The zero-order valence-electron chi connectivity index (χ0n) is 19.1. The Hall–Kier alpha value is -2.29. The van der Waals surface area contributed by atoms with Gasteiger partial charge in [0.1, 0.15) is 12.6 Å². The van der Waals surface area contributed by atoms with Crippen molar-refractivity contribution >= 4 is 50.7 Å². The van der Waals surface area contributed by atoms with Gasteiger partial charge in [0.25, 0.3) is 0 Å². The van der Waals surface area contributed by atoms with E-state index < -0.39 is 28.5 Å². The van der Waals surface area contributed by atoms with Gasteiger partial charge in [-0.25, -0.2) is 8.42 Å². The highest BCUT2D eigenvalue weighted by Gasteiger charge is 2.31. The van der Waals surface area contributed by atoms with E-state index in [0.29, 0.717) is 5.02 Å². The van der Waals surface area contributed by atoms with Crippen LogP contribution >= 0.6 is 23.2 Å². The molecule has 0 saturated heterocycles. The molecule has 0 aromatic heterocycles. The van der Waals surface area contributed by atoms with Crippen molar-refractivity contribution in [3.05, 3.63) is 64.1 Å². The average Bonchev–Trinajstić information content (AvgIpc) is 2.75. The van der Waals surface area contributed by atoms with Crippen LogP contribution in [0, 0.1) is 0 Å². The van der Waals surface area contributed by atoms with E-state index in [0.717, 1.165) is 22.5 Å². The van der Waals surface area contributed by atoms with Crippen molar-refractivity contribution in [2.75, 3.05) is 17.1 Å². The summed E-state index contributed by atoms with van der Waals surface area (Å²) in [5.41, 5.74) is 0.942. The third kappa shape index (κ3) is 7.62. The summed E-state index contributed by atoms with van der Waals surface area (Å²) >= 11 is 12.2. The predicted molar refractivity (Wildman–Crippen MR) is 133 cm³/mol. The summed E-state index contributed by atoms with van der Waals surface area (Å²) in [6, 6.07) is 12.6. The monoisotopic (exact) mass is 513 g/mol. The Bertz CT molecular complexity index is 1080. The van der Waals surface area contributed by atoms with Gasteiger partial charge in [0.15, 0.2) is 0 Å². The molecular formula is C23H29Cl2N3O4S. The molecule has 0 aliphatic rings. The Kier molecular flexibility index (Phi) is 9.57. The highest BCUT2D eigenvalue weighted by Crippen LogP contribution is 2.30. The van der Waals surface area contributed by atoms with Crippen molar-refractivity contribution in [1.82, 2.24) is 10.2 Å². The zero-order chi connectivity index (χ0) is 24.8. The van der Waals surface area contributed by atoms with E-state index in [9.17, 15) is 18.0 Å². The number of carbonyl (C=O) groups excluding carboxylic acids is 2. The number of rotatable bonds is 10. The Morgan fingerprint density at radius 1 is 1.06 bits per heavy atom. The second kappa shape index (κ2) is 11.7. The Balaban J connectivity index is 2.39. The zero-order valence-corrected chi connectivity index (χ0v) is 21.4. The van der Waals surface area contributed by atoms with Crippen LogP contribution in [-0.4, -0.2) is 50.0 Å². The van der Waals surface area contributed by atoms with Crippen LogP contribution in [0.25, 0.3) is 0 Å². The first-order valence-corrected chi connectivity index (χ1v) is 13.1. The van der Waals surface area contributed by atoms with E-state index >= 15 is 0 Å². The molecule has 2 atom stereocenters. The summed E-state index contributed by atoms with van der Waals surface area (Å²) in [6.45, 7) is 5.07. The molecule has 0 saturated carbocycles. The molecule has 10 heteroatoms. The third-order valence-electron chi connectivity index (χ3n) is 5.22. The summed E-state index contributed by atoms with van der Waals surface area (Å²) in [5, 5.41) is 3.31.